The first-order valence-corrected chi connectivity index (χ1v) is 10.4. The van der Waals surface area contributed by atoms with Gasteiger partial charge in [-0.15, -0.1) is 0 Å². The number of benzene rings is 2. The minimum absolute atomic E-state index is 0.0528. The van der Waals surface area contributed by atoms with Crippen LogP contribution in [0, 0.1) is 0 Å². The lowest BCUT2D eigenvalue weighted by Gasteiger charge is -2.36. The fourth-order valence-corrected chi connectivity index (χ4v) is 3.44. The van der Waals surface area contributed by atoms with Crippen molar-refractivity contribution in [2.75, 3.05) is 18.9 Å². The van der Waals surface area contributed by atoms with Crippen LogP contribution in [0.3, 0.4) is 0 Å². The van der Waals surface area contributed by atoms with Gasteiger partial charge in [0.25, 0.3) is 0 Å². The molecule has 1 amide bonds. The molecule has 1 aliphatic rings. The van der Waals surface area contributed by atoms with Crippen molar-refractivity contribution in [2.24, 2.45) is 0 Å². The highest BCUT2D eigenvalue weighted by Gasteiger charge is 2.30. The summed E-state index contributed by atoms with van der Waals surface area (Å²) in [4.78, 5) is 14.8. The SMILES string of the molecule is CC(C)(C)OC(=O)N(Cc1cc(N)ccc1OCc1ccccc1)C1CCOCC1. The average Bonchev–Trinajstić information content (AvgIpc) is 2.71. The molecule has 1 fully saturated rings. The monoisotopic (exact) mass is 412 g/mol. The van der Waals surface area contributed by atoms with Gasteiger partial charge in [0, 0.05) is 30.5 Å². The number of carbonyl (C=O) groups excluding carboxylic acids is 1. The van der Waals surface area contributed by atoms with Crippen molar-refractivity contribution in [3.63, 3.8) is 0 Å². The molecule has 0 spiro atoms. The van der Waals surface area contributed by atoms with Gasteiger partial charge in [0.15, 0.2) is 0 Å². The standard InChI is InChI=1S/C24H32N2O4/c1-24(2,3)30-23(27)26(21-11-13-28-14-12-21)16-19-15-20(25)9-10-22(19)29-17-18-7-5-4-6-8-18/h4-10,15,21H,11-14,16-17,25H2,1-3H3. The Morgan fingerprint density at radius 3 is 2.50 bits per heavy atom. The van der Waals surface area contributed by atoms with E-state index >= 15 is 0 Å². The second-order valence-corrected chi connectivity index (χ2v) is 8.59. The highest BCUT2D eigenvalue weighted by atomic mass is 16.6. The minimum Gasteiger partial charge on any atom is -0.489 e. The number of ether oxygens (including phenoxy) is 3. The number of rotatable bonds is 6. The predicted octanol–water partition coefficient (Wildman–Crippen LogP) is 4.76. The molecule has 0 bridgehead atoms. The summed E-state index contributed by atoms with van der Waals surface area (Å²) in [5, 5.41) is 0. The van der Waals surface area contributed by atoms with E-state index in [-0.39, 0.29) is 12.1 Å². The van der Waals surface area contributed by atoms with Crippen molar-refractivity contribution < 1.29 is 19.0 Å². The zero-order valence-electron chi connectivity index (χ0n) is 18.1. The van der Waals surface area contributed by atoms with E-state index < -0.39 is 5.60 Å². The first-order valence-electron chi connectivity index (χ1n) is 10.4. The maximum absolute atomic E-state index is 13.0. The van der Waals surface area contributed by atoms with E-state index in [4.69, 9.17) is 19.9 Å². The third-order valence-electron chi connectivity index (χ3n) is 4.92. The predicted molar refractivity (Wildman–Crippen MR) is 117 cm³/mol. The molecule has 0 atom stereocenters. The molecule has 2 aromatic carbocycles. The Balaban J connectivity index is 1.81. The van der Waals surface area contributed by atoms with Crippen molar-refractivity contribution in [1.82, 2.24) is 4.90 Å². The number of hydrogen-bond donors (Lipinski definition) is 1. The first-order chi connectivity index (χ1) is 14.3. The summed E-state index contributed by atoms with van der Waals surface area (Å²) in [6.07, 6.45) is 1.23. The summed E-state index contributed by atoms with van der Waals surface area (Å²) in [5.74, 6) is 0.716. The van der Waals surface area contributed by atoms with Crippen molar-refractivity contribution in [3.05, 3.63) is 59.7 Å². The smallest absolute Gasteiger partial charge is 0.410 e. The zero-order valence-corrected chi connectivity index (χ0v) is 18.1. The Bertz CT molecular complexity index is 827. The molecule has 162 valence electrons. The molecular formula is C24H32N2O4. The van der Waals surface area contributed by atoms with Crippen LogP contribution >= 0.6 is 0 Å². The number of amides is 1. The molecule has 1 heterocycles. The topological polar surface area (TPSA) is 74.0 Å². The summed E-state index contributed by atoms with van der Waals surface area (Å²) >= 11 is 0. The van der Waals surface area contributed by atoms with E-state index in [0.29, 0.717) is 37.8 Å². The van der Waals surface area contributed by atoms with Gasteiger partial charge in [-0.1, -0.05) is 30.3 Å². The van der Waals surface area contributed by atoms with Crippen molar-refractivity contribution in [1.29, 1.82) is 0 Å². The summed E-state index contributed by atoms with van der Waals surface area (Å²) in [6.45, 7) is 7.72. The highest BCUT2D eigenvalue weighted by Crippen LogP contribution is 2.28. The fourth-order valence-electron chi connectivity index (χ4n) is 3.44. The van der Waals surface area contributed by atoms with Crippen molar-refractivity contribution in [2.45, 2.75) is 58.4 Å². The molecule has 6 nitrogen and oxygen atoms in total. The molecular weight excluding hydrogens is 380 g/mol. The Labute approximate surface area is 178 Å². The van der Waals surface area contributed by atoms with E-state index in [9.17, 15) is 4.79 Å². The fraction of sp³-hybridized carbons (Fsp3) is 0.458. The second kappa shape index (κ2) is 9.85. The van der Waals surface area contributed by atoms with Gasteiger partial charge in [-0.3, -0.25) is 0 Å². The van der Waals surface area contributed by atoms with E-state index in [1.807, 2.05) is 69.3 Å². The molecule has 0 unspecified atom stereocenters. The maximum Gasteiger partial charge on any atom is 0.410 e. The van der Waals surface area contributed by atoms with Gasteiger partial charge < -0.3 is 24.8 Å². The van der Waals surface area contributed by atoms with Crippen LogP contribution in [0.25, 0.3) is 0 Å². The first kappa shape index (κ1) is 22.0. The van der Waals surface area contributed by atoms with Crippen LogP contribution in [-0.2, 0) is 22.6 Å². The largest absolute Gasteiger partial charge is 0.489 e. The Kier molecular flexibility index (Phi) is 7.21. The minimum atomic E-state index is -0.567. The van der Waals surface area contributed by atoms with Gasteiger partial charge in [-0.25, -0.2) is 4.79 Å². The molecule has 3 rings (SSSR count). The molecule has 2 aromatic rings. The number of carbonyl (C=O) groups is 1. The number of anilines is 1. The lowest BCUT2D eigenvalue weighted by molar-refractivity contribution is -0.00826. The van der Waals surface area contributed by atoms with E-state index in [1.54, 1.807) is 4.90 Å². The summed E-state index contributed by atoms with van der Waals surface area (Å²) in [7, 11) is 0. The van der Waals surface area contributed by atoms with Gasteiger partial charge in [0.2, 0.25) is 0 Å². The molecule has 0 radical (unpaired) electrons. The van der Waals surface area contributed by atoms with Crippen LogP contribution in [0.4, 0.5) is 10.5 Å². The van der Waals surface area contributed by atoms with Crippen molar-refractivity contribution in [3.8, 4) is 5.75 Å². The van der Waals surface area contributed by atoms with Crippen LogP contribution in [-0.4, -0.2) is 35.8 Å². The lowest BCUT2D eigenvalue weighted by atomic mass is 10.1. The maximum atomic E-state index is 13.0. The number of hydrogen-bond acceptors (Lipinski definition) is 5. The highest BCUT2D eigenvalue weighted by molar-refractivity contribution is 5.69. The zero-order chi connectivity index (χ0) is 21.6. The number of nitrogens with two attached hydrogens (primary N) is 1. The Hall–Kier alpha value is -2.73. The van der Waals surface area contributed by atoms with Gasteiger partial charge >= 0.3 is 6.09 Å². The van der Waals surface area contributed by atoms with Gasteiger partial charge in [0.1, 0.15) is 18.0 Å². The van der Waals surface area contributed by atoms with Crippen LogP contribution in [0.5, 0.6) is 5.75 Å². The third-order valence-corrected chi connectivity index (χ3v) is 4.92. The number of nitrogen functional groups attached to an aromatic ring is 1. The van der Waals surface area contributed by atoms with Crippen molar-refractivity contribution >= 4 is 11.8 Å². The Morgan fingerprint density at radius 2 is 1.83 bits per heavy atom. The summed E-state index contributed by atoms with van der Waals surface area (Å²) in [5.41, 5.74) is 8.06. The molecule has 0 aliphatic carbocycles. The van der Waals surface area contributed by atoms with Gasteiger partial charge in [0.05, 0.1) is 6.54 Å². The summed E-state index contributed by atoms with van der Waals surface area (Å²) in [6, 6.07) is 15.6. The number of nitrogens with zero attached hydrogens (tertiary/aromatic N) is 1. The van der Waals surface area contributed by atoms with Gasteiger partial charge in [-0.2, -0.15) is 0 Å². The molecule has 1 aliphatic heterocycles. The molecule has 0 saturated carbocycles. The average molecular weight is 413 g/mol. The summed E-state index contributed by atoms with van der Waals surface area (Å²) < 4.78 is 17.3. The second-order valence-electron chi connectivity index (χ2n) is 8.59. The van der Waals surface area contributed by atoms with Crippen LogP contribution in [0.15, 0.2) is 48.5 Å². The molecule has 30 heavy (non-hydrogen) atoms. The Morgan fingerprint density at radius 1 is 1.13 bits per heavy atom. The third kappa shape index (κ3) is 6.39. The molecule has 0 aromatic heterocycles. The lowest BCUT2D eigenvalue weighted by Crippen LogP contribution is -2.45. The molecule has 2 N–H and O–H groups in total. The van der Waals surface area contributed by atoms with E-state index in [0.717, 1.165) is 24.0 Å². The molecule has 6 heteroatoms. The van der Waals surface area contributed by atoms with Crippen LogP contribution in [0.1, 0.15) is 44.7 Å². The van der Waals surface area contributed by atoms with E-state index in [2.05, 4.69) is 0 Å². The quantitative estimate of drug-likeness (QED) is 0.692. The van der Waals surface area contributed by atoms with Gasteiger partial charge in [-0.05, 0) is 57.4 Å². The van der Waals surface area contributed by atoms with Crippen LogP contribution in [0.2, 0.25) is 0 Å². The van der Waals surface area contributed by atoms with Crippen LogP contribution < -0.4 is 10.5 Å². The molecule has 1 saturated heterocycles. The van der Waals surface area contributed by atoms with E-state index in [1.165, 1.54) is 0 Å². The normalized spacial score (nSPS) is 14.9.